The molecule has 0 saturated carbocycles. The van der Waals surface area contributed by atoms with Gasteiger partial charge < -0.3 is 5.11 Å². The molecule has 0 aromatic carbocycles. The summed E-state index contributed by atoms with van der Waals surface area (Å²) in [4.78, 5) is 11.4. The molecule has 0 fully saturated rings. The van der Waals surface area contributed by atoms with E-state index in [2.05, 4.69) is 0 Å². The van der Waals surface area contributed by atoms with Gasteiger partial charge in [-0.15, -0.1) is 0 Å². The highest BCUT2D eigenvalue weighted by Gasteiger charge is 2.29. The largest absolute Gasteiger partial charge is 0.512 e. The Labute approximate surface area is 97.6 Å². The van der Waals surface area contributed by atoms with E-state index in [0.29, 0.717) is 0 Å². The Morgan fingerprint density at radius 1 is 1.25 bits per heavy atom. The van der Waals surface area contributed by atoms with Gasteiger partial charge in [-0.1, -0.05) is 20.8 Å². The number of halogens is 1. The van der Waals surface area contributed by atoms with Crippen molar-refractivity contribution in [3.63, 3.8) is 0 Å². The molecule has 0 amide bonds. The summed E-state index contributed by atoms with van der Waals surface area (Å²) < 4.78 is 11.9. The summed E-state index contributed by atoms with van der Waals surface area (Å²) in [5, 5.41) is 9.98. The van der Waals surface area contributed by atoms with Crippen LogP contribution in [0.2, 0.25) is 0 Å². The molecule has 0 atom stereocenters. The number of allylic oxidation sites excluding steroid dienone is 2. The maximum absolute atomic E-state index is 11.9. The van der Waals surface area contributed by atoms with Crippen LogP contribution in [0.3, 0.4) is 0 Å². The molecule has 0 bridgehead atoms. The maximum Gasteiger partial charge on any atom is 0.159 e. The topological polar surface area (TPSA) is 37.3 Å². The van der Waals surface area contributed by atoms with Crippen molar-refractivity contribution in [1.82, 2.24) is 0 Å². The third-order valence-corrected chi connectivity index (χ3v) is 3.43. The van der Waals surface area contributed by atoms with E-state index >= 15 is 0 Å². The number of alkyl halides is 1. The van der Waals surface area contributed by atoms with Gasteiger partial charge in [0.15, 0.2) is 5.78 Å². The summed E-state index contributed by atoms with van der Waals surface area (Å²) in [7, 11) is 0. The van der Waals surface area contributed by atoms with Gasteiger partial charge >= 0.3 is 0 Å². The Morgan fingerprint density at radius 3 is 2.12 bits per heavy atom. The zero-order valence-electron chi connectivity index (χ0n) is 10.6. The normalized spacial score (nSPS) is 12.9. The summed E-state index contributed by atoms with van der Waals surface area (Å²) in [6.45, 7) is 5.52. The molecule has 0 aromatic rings. The molecule has 0 rings (SSSR count). The predicted octanol–water partition coefficient (Wildman–Crippen LogP) is 3.96. The number of aliphatic hydroxyl groups excluding tert-OH is 1. The van der Waals surface area contributed by atoms with Gasteiger partial charge in [0.2, 0.25) is 0 Å². The van der Waals surface area contributed by atoms with Gasteiger partial charge in [-0.25, -0.2) is 0 Å². The van der Waals surface area contributed by atoms with Crippen LogP contribution in [-0.4, -0.2) is 17.6 Å². The predicted molar refractivity (Wildman–Crippen MR) is 64.2 cm³/mol. The zero-order chi connectivity index (χ0) is 12.6. The first kappa shape index (κ1) is 15.1. The Balaban J connectivity index is 4.66. The molecule has 0 spiro atoms. The molecule has 0 radical (unpaired) electrons. The lowest BCUT2D eigenvalue weighted by atomic mass is 9.77. The summed E-state index contributed by atoms with van der Waals surface area (Å²) in [5.74, 6) is -0.0290. The number of ketones is 1. The molecule has 0 aliphatic carbocycles. The van der Waals surface area contributed by atoms with Crippen molar-refractivity contribution in [2.75, 3.05) is 6.67 Å². The number of carbonyl (C=O) groups is 1. The van der Waals surface area contributed by atoms with Crippen molar-refractivity contribution in [3.8, 4) is 0 Å². The number of hydrogen-bond donors (Lipinski definition) is 1. The van der Waals surface area contributed by atoms with Crippen LogP contribution in [0, 0.1) is 5.41 Å². The quantitative estimate of drug-likeness (QED) is 0.506. The fourth-order valence-corrected chi connectivity index (χ4v) is 1.91. The van der Waals surface area contributed by atoms with Crippen molar-refractivity contribution in [3.05, 3.63) is 11.8 Å². The highest BCUT2D eigenvalue weighted by atomic mass is 19.1. The molecule has 3 heteroatoms. The van der Waals surface area contributed by atoms with Crippen LogP contribution in [0.25, 0.3) is 0 Å². The van der Waals surface area contributed by atoms with E-state index in [1.165, 1.54) is 6.08 Å². The summed E-state index contributed by atoms with van der Waals surface area (Å²) in [5.41, 5.74) is -0.286. The SMILES string of the molecule is CCC(CC)(CC)/C(O)=C/C(=O)CCCF. The first-order chi connectivity index (χ1) is 7.56. The summed E-state index contributed by atoms with van der Waals surface area (Å²) in [6.07, 6.45) is 4.11. The first-order valence-corrected chi connectivity index (χ1v) is 6.06. The molecule has 0 saturated heterocycles. The average Bonchev–Trinajstić information content (AvgIpc) is 2.29. The van der Waals surface area contributed by atoms with Gasteiger partial charge in [-0.3, -0.25) is 9.18 Å². The molecule has 2 nitrogen and oxygen atoms in total. The van der Waals surface area contributed by atoms with E-state index in [1.807, 2.05) is 20.8 Å². The van der Waals surface area contributed by atoms with E-state index in [0.717, 1.165) is 19.3 Å². The van der Waals surface area contributed by atoms with Crippen LogP contribution in [0.5, 0.6) is 0 Å². The monoisotopic (exact) mass is 230 g/mol. The first-order valence-electron chi connectivity index (χ1n) is 6.06. The number of aliphatic hydroxyl groups is 1. The molecule has 0 aliphatic heterocycles. The second-order valence-corrected chi connectivity index (χ2v) is 4.13. The molecule has 0 aromatic heterocycles. The third kappa shape index (κ3) is 3.95. The lowest BCUT2D eigenvalue weighted by molar-refractivity contribution is -0.115. The van der Waals surface area contributed by atoms with Crippen LogP contribution in [0.15, 0.2) is 11.8 Å². The molecule has 1 N–H and O–H groups in total. The van der Waals surface area contributed by atoms with E-state index in [1.54, 1.807) is 0 Å². The Hall–Kier alpha value is -0.860. The van der Waals surface area contributed by atoms with E-state index in [-0.39, 0.29) is 29.8 Å². The minimum Gasteiger partial charge on any atom is -0.512 e. The minimum absolute atomic E-state index is 0.156. The van der Waals surface area contributed by atoms with Crippen LogP contribution >= 0.6 is 0 Å². The van der Waals surface area contributed by atoms with Crippen LogP contribution < -0.4 is 0 Å². The molecular formula is C13H23FO2. The molecule has 16 heavy (non-hydrogen) atoms. The Bertz CT molecular complexity index is 234. The fraction of sp³-hybridized carbons (Fsp3) is 0.769. The van der Waals surface area contributed by atoms with Gasteiger partial charge in [0.05, 0.1) is 6.67 Å². The van der Waals surface area contributed by atoms with Crippen LogP contribution in [0.1, 0.15) is 52.9 Å². The van der Waals surface area contributed by atoms with Gasteiger partial charge in [0, 0.05) is 17.9 Å². The Kier molecular flexibility index (Phi) is 7.02. The summed E-state index contributed by atoms with van der Waals surface area (Å²) in [6, 6.07) is 0. The van der Waals surface area contributed by atoms with Crippen molar-refractivity contribution < 1.29 is 14.3 Å². The van der Waals surface area contributed by atoms with Crippen molar-refractivity contribution in [2.24, 2.45) is 5.41 Å². The third-order valence-electron chi connectivity index (χ3n) is 3.43. The smallest absolute Gasteiger partial charge is 0.159 e. The van der Waals surface area contributed by atoms with E-state index in [9.17, 15) is 14.3 Å². The standard InChI is InChI=1S/C13H23FO2/c1-4-13(5-2,6-3)12(16)10-11(15)8-7-9-14/h10,16H,4-9H2,1-3H3/b12-10-. The molecule has 0 unspecified atom stereocenters. The van der Waals surface area contributed by atoms with Crippen molar-refractivity contribution in [1.29, 1.82) is 0 Å². The second kappa shape index (κ2) is 7.42. The molecule has 0 aliphatic rings. The van der Waals surface area contributed by atoms with Gasteiger partial charge in [0.25, 0.3) is 0 Å². The number of carbonyl (C=O) groups excluding carboxylic acids is 1. The highest BCUT2D eigenvalue weighted by molar-refractivity contribution is 5.90. The van der Waals surface area contributed by atoms with Gasteiger partial charge in [-0.05, 0) is 25.7 Å². The second-order valence-electron chi connectivity index (χ2n) is 4.13. The minimum atomic E-state index is -0.485. The molecule has 94 valence electrons. The van der Waals surface area contributed by atoms with E-state index in [4.69, 9.17) is 0 Å². The van der Waals surface area contributed by atoms with Crippen LogP contribution in [-0.2, 0) is 4.79 Å². The molecular weight excluding hydrogens is 207 g/mol. The zero-order valence-corrected chi connectivity index (χ0v) is 10.6. The van der Waals surface area contributed by atoms with Crippen molar-refractivity contribution >= 4 is 5.78 Å². The highest BCUT2D eigenvalue weighted by Crippen LogP contribution is 2.36. The number of rotatable bonds is 8. The Morgan fingerprint density at radius 2 is 1.75 bits per heavy atom. The summed E-state index contributed by atoms with van der Waals surface area (Å²) >= 11 is 0. The lowest BCUT2D eigenvalue weighted by Gasteiger charge is -2.29. The maximum atomic E-state index is 11.9. The van der Waals surface area contributed by atoms with Crippen molar-refractivity contribution in [2.45, 2.75) is 52.9 Å². The number of hydrogen-bond acceptors (Lipinski definition) is 2. The molecule has 0 heterocycles. The average molecular weight is 230 g/mol. The van der Waals surface area contributed by atoms with Crippen LogP contribution in [0.4, 0.5) is 4.39 Å². The lowest BCUT2D eigenvalue weighted by Crippen LogP contribution is -2.21. The van der Waals surface area contributed by atoms with Gasteiger partial charge in [-0.2, -0.15) is 0 Å². The van der Waals surface area contributed by atoms with E-state index < -0.39 is 6.67 Å². The van der Waals surface area contributed by atoms with Gasteiger partial charge in [0.1, 0.15) is 5.76 Å². The fourth-order valence-electron chi connectivity index (χ4n) is 1.91.